The number of allylic oxidation sites excluding steroid dienone is 1. The van der Waals surface area contributed by atoms with E-state index >= 15 is 0 Å². The molecule has 118 valence electrons. The molecule has 0 aromatic carbocycles. The van der Waals surface area contributed by atoms with Gasteiger partial charge in [0.1, 0.15) is 12.2 Å². The van der Waals surface area contributed by atoms with Gasteiger partial charge in [-0.15, -0.1) is 10.2 Å². The van der Waals surface area contributed by atoms with Crippen LogP contribution in [0.25, 0.3) is 0 Å². The highest BCUT2D eigenvalue weighted by Gasteiger charge is 2.22. The highest BCUT2D eigenvalue weighted by atomic mass is 16.3. The highest BCUT2D eigenvalue weighted by Crippen LogP contribution is 2.11. The number of aliphatic hydroxyl groups is 1. The van der Waals surface area contributed by atoms with E-state index in [0.29, 0.717) is 12.6 Å². The van der Waals surface area contributed by atoms with Crippen LogP contribution in [-0.2, 0) is 6.54 Å². The summed E-state index contributed by atoms with van der Waals surface area (Å²) < 4.78 is 2.09. The summed E-state index contributed by atoms with van der Waals surface area (Å²) >= 11 is 0. The fourth-order valence-corrected chi connectivity index (χ4v) is 2.69. The second-order valence-corrected chi connectivity index (χ2v) is 5.97. The summed E-state index contributed by atoms with van der Waals surface area (Å²) in [7, 11) is 0. The lowest BCUT2D eigenvalue weighted by Crippen LogP contribution is -2.33. The number of aromatic nitrogens is 3. The Labute approximate surface area is 127 Å². The summed E-state index contributed by atoms with van der Waals surface area (Å²) in [6.45, 7) is 11.3. The first kappa shape index (κ1) is 16.1. The molecule has 0 aliphatic carbocycles. The predicted molar refractivity (Wildman–Crippen MR) is 82.9 cm³/mol. The molecule has 1 aliphatic heterocycles. The van der Waals surface area contributed by atoms with Crippen molar-refractivity contribution in [2.45, 2.75) is 39.5 Å². The SMILES string of the molecule is CC=CCN1CCN(Cc2nncn2C(C)C)CC(O)C1. The maximum absolute atomic E-state index is 10.2. The van der Waals surface area contributed by atoms with Crippen molar-refractivity contribution in [3.05, 3.63) is 24.3 Å². The summed E-state index contributed by atoms with van der Waals surface area (Å²) in [5.74, 6) is 0.971. The topological polar surface area (TPSA) is 57.4 Å². The molecule has 1 N–H and O–H groups in total. The first-order chi connectivity index (χ1) is 10.1. The Hall–Kier alpha value is -1.24. The van der Waals surface area contributed by atoms with Crippen LogP contribution in [-0.4, -0.2) is 68.5 Å². The molecule has 0 amide bonds. The molecule has 1 fully saturated rings. The van der Waals surface area contributed by atoms with E-state index in [-0.39, 0.29) is 6.10 Å². The van der Waals surface area contributed by atoms with Crippen molar-refractivity contribution in [1.29, 1.82) is 0 Å². The smallest absolute Gasteiger partial charge is 0.147 e. The van der Waals surface area contributed by atoms with E-state index in [9.17, 15) is 5.11 Å². The predicted octanol–water partition coefficient (Wildman–Crippen LogP) is 0.914. The third-order valence-electron chi connectivity index (χ3n) is 3.84. The first-order valence-corrected chi connectivity index (χ1v) is 7.72. The van der Waals surface area contributed by atoms with Crippen molar-refractivity contribution in [2.75, 3.05) is 32.7 Å². The fraction of sp³-hybridized carbons (Fsp3) is 0.733. The van der Waals surface area contributed by atoms with Gasteiger partial charge in [0.15, 0.2) is 0 Å². The minimum absolute atomic E-state index is 0.312. The zero-order valence-electron chi connectivity index (χ0n) is 13.3. The van der Waals surface area contributed by atoms with Gasteiger partial charge >= 0.3 is 0 Å². The van der Waals surface area contributed by atoms with Crippen molar-refractivity contribution in [2.24, 2.45) is 0 Å². The number of rotatable bonds is 5. The number of hydrogen-bond acceptors (Lipinski definition) is 5. The van der Waals surface area contributed by atoms with Crippen LogP contribution in [0.5, 0.6) is 0 Å². The Morgan fingerprint density at radius 1 is 1.33 bits per heavy atom. The molecule has 1 unspecified atom stereocenters. The van der Waals surface area contributed by atoms with Gasteiger partial charge in [-0.05, 0) is 20.8 Å². The van der Waals surface area contributed by atoms with Crippen LogP contribution in [0, 0.1) is 0 Å². The van der Waals surface area contributed by atoms with E-state index in [0.717, 1.165) is 38.5 Å². The average Bonchev–Trinajstić information content (AvgIpc) is 2.82. The average molecular weight is 293 g/mol. The molecule has 6 nitrogen and oxygen atoms in total. The molecule has 2 heterocycles. The van der Waals surface area contributed by atoms with Crippen molar-refractivity contribution < 1.29 is 5.11 Å². The molecule has 0 bridgehead atoms. The second-order valence-electron chi connectivity index (χ2n) is 5.97. The lowest BCUT2D eigenvalue weighted by atomic mass is 10.3. The highest BCUT2D eigenvalue weighted by molar-refractivity contribution is 4.90. The molecule has 6 heteroatoms. The van der Waals surface area contributed by atoms with Gasteiger partial charge < -0.3 is 9.67 Å². The van der Waals surface area contributed by atoms with Crippen LogP contribution in [0.4, 0.5) is 0 Å². The van der Waals surface area contributed by atoms with Gasteiger partial charge in [0.05, 0.1) is 12.6 Å². The largest absolute Gasteiger partial charge is 0.390 e. The normalized spacial score (nSPS) is 22.2. The van der Waals surface area contributed by atoms with Crippen LogP contribution >= 0.6 is 0 Å². The van der Waals surface area contributed by atoms with Crippen LogP contribution < -0.4 is 0 Å². The summed E-state index contributed by atoms with van der Waals surface area (Å²) in [6.07, 6.45) is 5.66. The molecule has 1 aliphatic rings. The van der Waals surface area contributed by atoms with Crippen LogP contribution in [0.3, 0.4) is 0 Å². The Morgan fingerprint density at radius 2 is 2.05 bits per heavy atom. The summed E-state index contributed by atoms with van der Waals surface area (Å²) in [5.41, 5.74) is 0. The van der Waals surface area contributed by atoms with Gasteiger partial charge in [-0.2, -0.15) is 0 Å². The number of nitrogens with zero attached hydrogens (tertiary/aromatic N) is 5. The number of hydrogen-bond donors (Lipinski definition) is 1. The quantitative estimate of drug-likeness (QED) is 0.818. The van der Waals surface area contributed by atoms with Gasteiger partial charge in [-0.1, -0.05) is 12.2 Å². The fourth-order valence-electron chi connectivity index (χ4n) is 2.69. The van der Waals surface area contributed by atoms with Crippen LogP contribution in [0.2, 0.25) is 0 Å². The Morgan fingerprint density at radius 3 is 2.76 bits per heavy atom. The zero-order valence-corrected chi connectivity index (χ0v) is 13.3. The maximum atomic E-state index is 10.2. The summed E-state index contributed by atoms with van der Waals surface area (Å²) in [5, 5.41) is 18.4. The molecule has 0 radical (unpaired) electrons. The molecule has 21 heavy (non-hydrogen) atoms. The van der Waals surface area contributed by atoms with E-state index in [1.807, 2.05) is 6.92 Å². The molecule has 2 rings (SSSR count). The van der Waals surface area contributed by atoms with Gasteiger partial charge in [-0.3, -0.25) is 9.80 Å². The lowest BCUT2D eigenvalue weighted by Gasteiger charge is -2.21. The minimum atomic E-state index is -0.312. The molecule has 0 spiro atoms. The third-order valence-corrected chi connectivity index (χ3v) is 3.84. The van der Waals surface area contributed by atoms with Gasteiger partial charge in [-0.25, -0.2) is 0 Å². The zero-order chi connectivity index (χ0) is 15.2. The van der Waals surface area contributed by atoms with Crippen molar-refractivity contribution in [3.8, 4) is 0 Å². The summed E-state index contributed by atoms with van der Waals surface area (Å²) in [4.78, 5) is 4.56. The monoisotopic (exact) mass is 293 g/mol. The van der Waals surface area contributed by atoms with E-state index in [1.54, 1.807) is 6.33 Å². The Balaban J connectivity index is 1.96. The summed E-state index contributed by atoms with van der Waals surface area (Å²) in [6, 6.07) is 0.359. The molecular weight excluding hydrogens is 266 g/mol. The molecule has 0 saturated carbocycles. The molecule has 1 aromatic rings. The maximum Gasteiger partial charge on any atom is 0.147 e. The van der Waals surface area contributed by atoms with Crippen molar-refractivity contribution in [1.82, 2.24) is 24.6 Å². The molecule has 1 aromatic heterocycles. The number of aliphatic hydroxyl groups excluding tert-OH is 1. The molecular formula is C15H27N5O. The van der Waals surface area contributed by atoms with E-state index < -0.39 is 0 Å². The van der Waals surface area contributed by atoms with E-state index in [4.69, 9.17) is 0 Å². The third kappa shape index (κ3) is 4.62. The van der Waals surface area contributed by atoms with Gasteiger partial charge in [0.2, 0.25) is 0 Å². The molecule has 1 saturated heterocycles. The van der Waals surface area contributed by atoms with Crippen molar-refractivity contribution in [3.63, 3.8) is 0 Å². The van der Waals surface area contributed by atoms with Crippen LogP contribution in [0.1, 0.15) is 32.6 Å². The number of β-amino-alcohol motifs (C(OH)–C–C–N with tert-alkyl or cyclic N) is 1. The van der Waals surface area contributed by atoms with Gasteiger partial charge in [0, 0.05) is 38.8 Å². The van der Waals surface area contributed by atoms with Gasteiger partial charge in [0.25, 0.3) is 0 Å². The standard InChI is InChI=1S/C15H27N5O/c1-4-5-6-18-7-8-19(10-14(21)9-18)11-15-17-16-12-20(15)13(2)3/h4-5,12-14,21H,6-11H2,1-3H3. The van der Waals surface area contributed by atoms with Crippen LogP contribution in [0.15, 0.2) is 18.5 Å². The Bertz CT molecular complexity index is 457. The van der Waals surface area contributed by atoms with E-state index in [2.05, 4.69) is 50.6 Å². The lowest BCUT2D eigenvalue weighted by molar-refractivity contribution is 0.109. The van der Waals surface area contributed by atoms with Crippen molar-refractivity contribution >= 4 is 0 Å². The molecule has 1 atom stereocenters. The van der Waals surface area contributed by atoms with E-state index in [1.165, 1.54) is 0 Å². The Kier molecular flexibility index (Phi) is 5.90. The minimum Gasteiger partial charge on any atom is -0.390 e. The first-order valence-electron chi connectivity index (χ1n) is 7.72. The second kappa shape index (κ2) is 7.68.